The van der Waals surface area contributed by atoms with E-state index in [1.165, 1.54) is 0 Å². The molecule has 0 radical (unpaired) electrons. The number of anilines is 1. The molecule has 1 aliphatic heterocycles. The molecular weight excluding hydrogens is 411 g/mol. The van der Waals surface area contributed by atoms with E-state index in [-0.39, 0.29) is 5.91 Å². The Bertz CT molecular complexity index is 921. The molecule has 0 aliphatic carbocycles. The minimum Gasteiger partial charge on any atom is -0.343 e. The zero-order valence-corrected chi connectivity index (χ0v) is 16.7. The van der Waals surface area contributed by atoms with Gasteiger partial charge in [-0.3, -0.25) is 4.79 Å². The Hall–Kier alpha value is -1.67. The second kappa shape index (κ2) is 7.52. The zero-order valence-electron chi connectivity index (χ0n) is 13.6. The van der Waals surface area contributed by atoms with E-state index in [0.717, 1.165) is 15.0 Å². The summed E-state index contributed by atoms with van der Waals surface area (Å²) in [6.07, 6.45) is 0. The van der Waals surface area contributed by atoms with Crippen LogP contribution in [0.4, 0.5) is 5.13 Å². The van der Waals surface area contributed by atoms with Crippen LogP contribution >= 0.6 is 45.9 Å². The number of halogens is 2. The second-order valence-electron chi connectivity index (χ2n) is 5.77. The number of rotatable bonds is 3. The molecule has 0 spiro atoms. The molecule has 9 heteroatoms. The zero-order chi connectivity index (χ0) is 18.1. The van der Waals surface area contributed by atoms with Gasteiger partial charge in [-0.05, 0) is 29.6 Å². The number of carbonyl (C=O) groups is 1. The Kier molecular flexibility index (Phi) is 5.13. The number of hydrogen-bond acceptors (Lipinski definition) is 6. The summed E-state index contributed by atoms with van der Waals surface area (Å²) < 4.78 is 0. The van der Waals surface area contributed by atoms with Gasteiger partial charge in [0.25, 0.3) is 5.91 Å². The van der Waals surface area contributed by atoms with Crippen LogP contribution in [0.25, 0.3) is 9.88 Å². The standard InChI is InChI=1S/C17H14Cl2N4OS2/c18-11-3-4-13(19)12(10-11)16(24)22-5-7-23(8-6-22)17-21-20-15(26-17)14-2-1-9-25-14/h1-4,9-10H,5-8H2. The average molecular weight is 425 g/mol. The fourth-order valence-corrected chi connectivity index (χ4v) is 4.83. The molecule has 0 atom stereocenters. The Morgan fingerprint density at radius 1 is 1.08 bits per heavy atom. The molecule has 4 rings (SSSR count). The number of nitrogens with zero attached hydrogens (tertiary/aromatic N) is 4. The number of hydrogen-bond donors (Lipinski definition) is 0. The van der Waals surface area contributed by atoms with Gasteiger partial charge in [0.2, 0.25) is 5.13 Å². The molecule has 3 heterocycles. The van der Waals surface area contributed by atoms with Crippen molar-refractivity contribution in [2.24, 2.45) is 0 Å². The van der Waals surface area contributed by atoms with Crippen LogP contribution in [-0.4, -0.2) is 47.2 Å². The molecule has 1 fully saturated rings. The summed E-state index contributed by atoms with van der Waals surface area (Å²) in [5, 5.41) is 13.4. The summed E-state index contributed by atoms with van der Waals surface area (Å²) in [5.41, 5.74) is 0.448. The first-order chi connectivity index (χ1) is 12.6. The molecule has 0 bridgehead atoms. The van der Waals surface area contributed by atoms with Gasteiger partial charge in [-0.15, -0.1) is 21.5 Å². The highest BCUT2D eigenvalue weighted by Gasteiger charge is 2.25. The van der Waals surface area contributed by atoms with Crippen LogP contribution in [0, 0.1) is 0 Å². The molecule has 5 nitrogen and oxygen atoms in total. The van der Waals surface area contributed by atoms with Crippen molar-refractivity contribution in [1.29, 1.82) is 0 Å². The summed E-state index contributed by atoms with van der Waals surface area (Å²) in [6.45, 7) is 2.64. The maximum atomic E-state index is 12.7. The first-order valence-electron chi connectivity index (χ1n) is 7.98. The van der Waals surface area contributed by atoms with E-state index in [1.54, 1.807) is 45.8 Å². The predicted molar refractivity (Wildman–Crippen MR) is 108 cm³/mol. The fraction of sp³-hybridized carbons (Fsp3) is 0.235. The van der Waals surface area contributed by atoms with Crippen molar-refractivity contribution in [3.63, 3.8) is 0 Å². The third kappa shape index (κ3) is 3.57. The van der Waals surface area contributed by atoms with Gasteiger partial charge in [-0.2, -0.15) is 0 Å². The third-order valence-electron chi connectivity index (χ3n) is 4.14. The maximum absolute atomic E-state index is 12.7. The normalized spacial score (nSPS) is 14.7. The van der Waals surface area contributed by atoms with Gasteiger partial charge in [-0.1, -0.05) is 40.6 Å². The lowest BCUT2D eigenvalue weighted by Gasteiger charge is -2.34. The van der Waals surface area contributed by atoms with Gasteiger partial charge >= 0.3 is 0 Å². The molecule has 2 aromatic heterocycles. The first-order valence-corrected chi connectivity index (χ1v) is 10.4. The summed E-state index contributed by atoms with van der Waals surface area (Å²) in [6, 6.07) is 9.00. The quantitative estimate of drug-likeness (QED) is 0.619. The van der Waals surface area contributed by atoms with Crippen LogP contribution in [0.2, 0.25) is 10.0 Å². The van der Waals surface area contributed by atoms with Gasteiger partial charge in [0.1, 0.15) is 0 Å². The Morgan fingerprint density at radius 2 is 1.88 bits per heavy atom. The van der Waals surface area contributed by atoms with Crippen molar-refractivity contribution >= 4 is 56.9 Å². The van der Waals surface area contributed by atoms with Crippen molar-refractivity contribution in [2.75, 3.05) is 31.1 Å². The number of thiophene rings is 1. The molecule has 3 aromatic rings. The summed E-state index contributed by atoms with van der Waals surface area (Å²) in [7, 11) is 0. The molecule has 1 aliphatic rings. The molecule has 0 saturated carbocycles. The molecule has 1 amide bonds. The molecular formula is C17H14Cl2N4OS2. The van der Waals surface area contributed by atoms with Crippen molar-refractivity contribution in [3.8, 4) is 9.88 Å². The Morgan fingerprint density at radius 3 is 2.62 bits per heavy atom. The lowest BCUT2D eigenvalue weighted by atomic mass is 10.2. The van der Waals surface area contributed by atoms with E-state index in [0.29, 0.717) is 41.8 Å². The maximum Gasteiger partial charge on any atom is 0.255 e. The molecule has 1 aromatic carbocycles. The molecule has 1 saturated heterocycles. The van der Waals surface area contributed by atoms with Crippen molar-refractivity contribution < 1.29 is 4.79 Å². The SMILES string of the molecule is O=C(c1cc(Cl)ccc1Cl)N1CCN(c2nnc(-c3cccs3)s2)CC1. The monoisotopic (exact) mass is 424 g/mol. The highest BCUT2D eigenvalue weighted by atomic mass is 35.5. The second-order valence-corrected chi connectivity index (χ2v) is 8.52. The van der Waals surface area contributed by atoms with Crippen LogP contribution in [0.1, 0.15) is 10.4 Å². The van der Waals surface area contributed by atoms with Gasteiger partial charge < -0.3 is 9.80 Å². The molecule has 26 heavy (non-hydrogen) atoms. The Balaban J connectivity index is 1.43. The summed E-state index contributed by atoms with van der Waals surface area (Å²) in [5.74, 6) is -0.0892. The fourth-order valence-electron chi connectivity index (χ4n) is 2.78. The van der Waals surface area contributed by atoms with Gasteiger partial charge in [0.15, 0.2) is 5.01 Å². The summed E-state index contributed by atoms with van der Waals surface area (Å²) in [4.78, 5) is 17.8. The highest BCUT2D eigenvalue weighted by Crippen LogP contribution is 2.32. The minimum absolute atomic E-state index is 0.0892. The van der Waals surface area contributed by atoms with Crippen molar-refractivity contribution in [3.05, 3.63) is 51.3 Å². The average Bonchev–Trinajstić information content (AvgIpc) is 3.35. The van der Waals surface area contributed by atoms with Crippen LogP contribution in [0.15, 0.2) is 35.7 Å². The lowest BCUT2D eigenvalue weighted by Crippen LogP contribution is -2.48. The first kappa shape index (κ1) is 17.7. The number of aromatic nitrogens is 2. The number of carbonyl (C=O) groups excluding carboxylic acids is 1. The van der Waals surface area contributed by atoms with Crippen LogP contribution in [-0.2, 0) is 0 Å². The van der Waals surface area contributed by atoms with E-state index in [4.69, 9.17) is 23.2 Å². The third-order valence-corrected chi connectivity index (χ3v) is 6.73. The van der Waals surface area contributed by atoms with E-state index < -0.39 is 0 Å². The van der Waals surface area contributed by atoms with E-state index >= 15 is 0 Å². The van der Waals surface area contributed by atoms with Crippen LogP contribution in [0.3, 0.4) is 0 Å². The van der Waals surface area contributed by atoms with E-state index in [2.05, 4.69) is 15.1 Å². The largest absolute Gasteiger partial charge is 0.343 e. The van der Waals surface area contributed by atoms with Gasteiger partial charge in [0, 0.05) is 31.2 Å². The summed E-state index contributed by atoms with van der Waals surface area (Å²) >= 11 is 15.4. The molecule has 0 unspecified atom stereocenters. The van der Waals surface area contributed by atoms with Crippen LogP contribution < -0.4 is 4.90 Å². The number of benzene rings is 1. The Labute approximate surface area is 168 Å². The highest BCUT2D eigenvalue weighted by molar-refractivity contribution is 7.22. The van der Waals surface area contributed by atoms with Crippen molar-refractivity contribution in [2.45, 2.75) is 0 Å². The van der Waals surface area contributed by atoms with E-state index in [9.17, 15) is 4.79 Å². The van der Waals surface area contributed by atoms with Crippen molar-refractivity contribution in [1.82, 2.24) is 15.1 Å². The minimum atomic E-state index is -0.0892. The lowest BCUT2D eigenvalue weighted by molar-refractivity contribution is 0.0747. The molecule has 134 valence electrons. The predicted octanol–water partition coefficient (Wildman–Crippen LogP) is 4.54. The topological polar surface area (TPSA) is 49.3 Å². The molecule has 0 N–H and O–H groups in total. The number of piperazine rings is 1. The number of amides is 1. The van der Waals surface area contributed by atoms with Gasteiger partial charge in [-0.25, -0.2) is 0 Å². The van der Waals surface area contributed by atoms with Gasteiger partial charge in [0.05, 0.1) is 15.5 Å². The van der Waals surface area contributed by atoms with E-state index in [1.807, 2.05) is 17.5 Å². The van der Waals surface area contributed by atoms with Crippen LogP contribution in [0.5, 0.6) is 0 Å². The smallest absolute Gasteiger partial charge is 0.255 e.